The lowest BCUT2D eigenvalue weighted by Gasteiger charge is -2.08. The van der Waals surface area contributed by atoms with Crippen molar-refractivity contribution in [1.29, 1.82) is 0 Å². The van der Waals surface area contributed by atoms with Gasteiger partial charge in [0.2, 0.25) is 5.91 Å². The van der Waals surface area contributed by atoms with E-state index >= 15 is 0 Å². The predicted molar refractivity (Wildman–Crippen MR) is 139 cm³/mol. The number of amides is 2. The first kappa shape index (κ1) is 24.1. The Kier molecular flexibility index (Phi) is 7.54. The number of nitrogens with zero attached hydrogens (tertiary/aromatic N) is 2. The van der Waals surface area contributed by atoms with Gasteiger partial charge in [0.15, 0.2) is 5.13 Å². The summed E-state index contributed by atoms with van der Waals surface area (Å²) in [5.41, 5.74) is 3.35. The van der Waals surface area contributed by atoms with Crippen LogP contribution in [0.2, 0.25) is 0 Å². The summed E-state index contributed by atoms with van der Waals surface area (Å²) in [6, 6.07) is 20.9. The molecule has 4 rings (SSSR count). The zero-order chi connectivity index (χ0) is 24.8. The van der Waals surface area contributed by atoms with Gasteiger partial charge in [-0.1, -0.05) is 30.3 Å². The third kappa shape index (κ3) is 6.31. The summed E-state index contributed by atoms with van der Waals surface area (Å²) in [7, 11) is 0. The van der Waals surface area contributed by atoms with Gasteiger partial charge in [-0.15, -0.1) is 23.1 Å². The SMILES string of the molecule is Cc1ccccc1C(=O)Nc1ccc(SCC(=O)Nc2nc(-c3cccc([N+](=O)[O-])c3)cs2)cc1. The van der Waals surface area contributed by atoms with Gasteiger partial charge >= 0.3 is 0 Å². The number of hydrogen-bond donors (Lipinski definition) is 2. The largest absolute Gasteiger partial charge is 0.322 e. The van der Waals surface area contributed by atoms with E-state index in [1.807, 2.05) is 37.3 Å². The summed E-state index contributed by atoms with van der Waals surface area (Å²) >= 11 is 2.61. The normalized spacial score (nSPS) is 10.5. The summed E-state index contributed by atoms with van der Waals surface area (Å²) in [4.78, 5) is 40.6. The van der Waals surface area contributed by atoms with Crippen molar-refractivity contribution in [3.05, 3.63) is 99.4 Å². The minimum Gasteiger partial charge on any atom is -0.322 e. The van der Waals surface area contributed by atoms with Crippen molar-refractivity contribution in [2.75, 3.05) is 16.4 Å². The zero-order valence-corrected chi connectivity index (χ0v) is 20.2. The molecule has 0 aliphatic carbocycles. The Hall–Kier alpha value is -4.02. The molecule has 1 heterocycles. The molecule has 8 nitrogen and oxygen atoms in total. The quantitative estimate of drug-likeness (QED) is 0.173. The second-order valence-electron chi connectivity index (χ2n) is 7.48. The maximum absolute atomic E-state index is 12.4. The van der Waals surface area contributed by atoms with Crippen molar-refractivity contribution in [3.63, 3.8) is 0 Å². The maximum Gasteiger partial charge on any atom is 0.270 e. The van der Waals surface area contributed by atoms with Crippen LogP contribution < -0.4 is 10.6 Å². The van der Waals surface area contributed by atoms with Gasteiger partial charge in [-0.3, -0.25) is 19.7 Å². The van der Waals surface area contributed by atoms with Crippen LogP contribution in [-0.4, -0.2) is 27.5 Å². The van der Waals surface area contributed by atoms with Crippen molar-refractivity contribution in [1.82, 2.24) is 4.98 Å². The number of nitrogens with one attached hydrogen (secondary N) is 2. The van der Waals surface area contributed by atoms with Crippen LogP contribution in [0, 0.1) is 17.0 Å². The molecule has 0 spiro atoms. The molecule has 0 radical (unpaired) electrons. The van der Waals surface area contributed by atoms with Crippen LogP contribution in [0.25, 0.3) is 11.3 Å². The molecule has 0 bridgehead atoms. The number of anilines is 2. The van der Waals surface area contributed by atoms with E-state index in [0.29, 0.717) is 27.6 Å². The lowest BCUT2D eigenvalue weighted by atomic mass is 10.1. The number of non-ortho nitro benzene ring substituents is 1. The molecule has 4 aromatic rings. The molecule has 0 aliphatic rings. The predicted octanol–water partition coefficient (Wildman–Crippen LogP) is 6.01. The summed E-state index contributed by atoms with van der Waals surface area (Å²) in [6.45, 7) is 1.89. The first-order valence-electron chi connectivity index (χ1n) is 10.5. The highest BCUT2D eigenvalue weighted by Gasteiger charge is 2.12. The first-order valence-corrected chi connectivity index (χ1v) is 12.4. The minimum absolute atomic E-state index is 0.0155. The number of benzene rings is 3. The van der Waals surface area contributed by atoms with E-state index in [9.17, 15) is 19.7 Å². The zero-order valence-electron chi connectivity index (χ0n) is 18.6. The van der Waals surface area contributed by atoms with Gasteiger partial charge in [0.1, 0.15) is 0 Å². The van der Waals surface area contributed by atoms with Crippen molar-refractivity contribution in [2.45, 2.75) is 11.8 Å². The molecule has 0 saturated heterocycles. The number of carbonyl (C=O) groups is 2. The van der Waals surface area contributed by atoms with Crippen molar-refractivity contribution < 1.29 is 14.5 Å². The number of aromatic nitrogens is 1. The minimum atomic E-state index is -0.458. The van der Waals surface area contributed by atoms with Gasteiger partial charge < -0.3 is 10.6 Å². The van der Waals surface area contributed by atoms with Gasteiger partial charge in [0.05, 0.1) is 16.4 Å². The Balaban J connectivity index is 1.29. The average Bonchev–Trinajstić information content (AvgIpc) is 3.32. The fourth-order valence-electron chi connectivity index (χ4n) is 3.21. The molecule has 176 valence electrons. The Morgan fingerprint density at radius 2 is 1.80 bits per heavy atom. The lowest BCUT2D eigenvalue weighted by Crippen LogP contribution is -2.14. The van der Waals surface area contributed by atoms with E-state index in [0.717, 1.165) is 10.5 Å². The Labute approximate surface area is 209 Å². The van der Waals surface area contributed by atoms with E-state index in [4.69, 9.17) is 0 Å². The molecule has 3 aromatic carbocycles. The van der Waals surface area contributed by atoms with Crippen LogP contribution in [0.4, 0.5) is 16.5 Å². The number of nitro groups is 1. The number of thioether (sulfide) groups is 1. The monoisotopic (exact) mass is 504 g/mol. The average molecular weight is 505 g/mol. The number of hydrogen-bond acceptors (Lipinski definition) is 7. The Morgan fingerprint density at radius 1 is 1.03 bits per heavy atom. The van der Waals surface area contributed by atoms with Crippen LogP contribution in [0.15, 0.2) is 83.1 Å². The number of rotatable bonds is 8. The number of nitro benzene ring substituents is 1. The van der Waals surface area contributed by atoms with E-state index < -0.39 is 4.92 Å². The van der Waals surface area contributed by atoms with Gasteiger partial charge in [-0.25, -0.2) is 4.98 Å². The summed E-state index contributed by atoms with van der Waals surface area (Å²) in [6.07, 6.45) is 0. The van der Waals surface area contributed by atoms with Crippen LogP contribution in [0.5, 0.6) is 0 Å². The number of aryl methyl sites for hydroxylation is 1. The van der Waals surface area contributed by atoms with Crippen molar-refractivity contribution >= 4 is 51.4 Å². The van der Waals surface area contributed by atoms with Gasteiger partial charge in [0.25, 0.3) is 11.6 Å². The molecule has 35 heavy (non-hydrogen) atoms. The smallest absolute Gasteiger partial charge is 0.270 e. The molecule has 1 aromatic heterocycles. The van der Waals surface area contributed by atoms with Crippen LogP contribution in [0.1, 0.15) is 15.9 Å². The Bertz CT molecular complexity index is 1390. The summed E-state index contributed by atoms with van der Waals surface area (Å²) in [5.74, 6) is -0.205. The second kappa shape index (κ2) is 10.9. The van der Waals surface area contributed by atoms with E-state index in [1.165, 1.54) is 35.2 Å². The summed E-state index contributed by atoms with van der Waals surface area (Å²) in [5, 5.41) is 18.8. The molecular weight excluding hydrogens is 484 g/mol. The molecular formula is C25H20N4O4S2. The highest BCUT2D eigenvalue weighted by molar-refractivity contribution is 8.00. The van der Waals surface area contributed by atoms with Crippen molar-refractivity contribution in [2.24, 2.45) is 0 Å². The third-order valence-electron chi connectivity index (χ3n) is 4.98. The molecule has 0 aliphatic heterocycles. The molecule has 2 N–H and O–H groups in total. The number of carbonyl (C=O) groups excluding carboxylic acids is 2. The third-order valence-corrected chi connectivity index (χ3v) is 6.74. The van der Waals surface area contributed by atoms with Crippen LogP contribution in [0.3, 0.4) is 0 Å². The van der Waals surface area contributed by atoms with Gasteiger partial charge in [-0.2, -0.15) is 0 Å². The molecule has 10 heteroatoms. The molecule has 0 fully saturated rings. The summed E-state index contributed by atoms with van der Waals surface area (Å²) < 4.78 is 0. The van der Waals surface area contributed by atoms with Crippen LogP contribution >= 0.6 is 23.1 Å². The molecule has 0 atom stereocenters. The lowest BCUT2D eigenvalue weighted by molar-refractivity contribution is -0.384. The fraction of sp³-hybridized carbons (Fsp3) is 0.0800. The maximum atomic E-state index is 12.4. The topological polar surface area (TPSA) is 114 Å². The van der Waals surface area contributed by atoms with E-state index in [-0.39, 0.29) is 23.3 Å². The van der Waals surface area contributed by atoms with Gasteiger partial charge in [0, 0.05) is 39.2 Å². The van der Waals surface area contributed by atoms with Crippen molar-refractivity contribution in [3.8, 4) is 11.3 Å². The molecule has 0 unspecified atom stereocenters. The van der Waals surface area contributed by atoms with E-state index in [1.54, 1.807) is 35.7 Å². The first-order chi connectivity index (χ1) is 16.9. The Morgan fingerprint density at radius 3 is 2.54 bits per heavy atom. The van der Waals surface area contributed by atoms with Gasteiger partial charge in [-0.05, 0) is 42.8 Å². The highest BCUT2D eigenvalue weighted by atomic mass is 32.2. The highest BCUT2D eigenvalue weighted by Crippen LogP contribution is 2.28. The van der Waals surface area contributed by atoms with E-state index in [2.05, 4.69) is 15.6 Å². The number of thiazole rings is 1. The van der Waals surface area contributed by atoms with Crippen LogP contribution in [-0.2, 0) is 4.79 Å². The fourth-order valence-corrected chi connectivity index (χ4v) is 4.64. The standard InChI is InChI=1S/C25H20N4O4S2/c1-16-5-2-3-8-21(16)24(31)26-18-9-11-20(12-10-18)34-15-23(30)28-25-27-22(14-35-25)17-6-4-7-19(13-17)29(32)33/h2-14H,15H2,1H3,(H,26,31)(H,27,28,30). The molecule has 0 saturated carbocycles. The second-order valence-corrected chi connectivity index (χ2v) is 9.38. The molecule has 2 amide bonds.